The molecule has 0 bridgehead atoms. The van der Waals surface area contributed by atoms with Gasteiger partial charge in [0.15, 0.2) is 0 Å². The molecule has 21 heavy (non-hydrogen) atoms. The molecular formula is C20H30O. The van der Waals surface area contributed by atoms with E-state index < -0.39 is 0 Å². The Labute approximate surface area is 129 Å². The third-order valence-corrected chi connectivity index (χ3v) is 6.00. The highest BCUT2D eigenvalue weighted by molar-refractivity contribution is 5.48. The molecule has 3 rings (SSSR count). The molecule has 2 atom stereocenters. The van der Waals surface area contributed by atoms with Crippen LogP contribution in [0.1, 0.15) is 88.7 Å². The summed E-state index contributed by atoms with van der Waals surface area (Å²) < 4.78 is 0. The van der Waals surface area contributed by atoms with E-state index in [9.17, 15) is 5.11 Å². The molecule has 2 aliphatic carbocycles. The molecule has 1 nitrogen and oxygen atoms in total. The first kappa shape index (κ1) is 15.1. The van der Waals surface area contributed by atoms with Crippen LogP contribution in [0.15, 0.2) is 12.1 Å². The summed E-state index contributed by atoms with van der Waals surface area (Å²) >= 11 is 0. The van der Waals surface area contributed by atoms with Crippen LogP contribution in [0.25, 0.3) is 0 Å². The molecular weight excluding hydrogens is 256 g/mol. The normalized spacial score (nSPS) is 30.2. The maximum atomic E-state index is 10.6. The third-order valence-electron chi connectivity index (χ3n) is 6.00. The molecule has 1 heteroatoms. The van der Waals surface area contributed by atoms with E-state index in [1.807, 2.05) is 0 Å². The second-order valence-electron chi connectivity index (χ2n) is 8.76. The minimum Gasteiger partial charge on any atom is -0.388 e. The molecule has 1 N–H and O–H groups in total. The lowest BCUT2D eigenvalue weighted by atomic mass is 9.62. The second kappa shape index (κ2) is 4.84. The molecule has 0 heterocycles. The Kier molecular flexibility index (Phi) is 3.48. The van der Waals surface area contributed by atoms with Crippen molar-refractivity contribution in [1.82, 2.24) is 0 Å². The quantitative estimate of drug-likeness (QED) is 0.662. The molecule has 0 radical (unpaired) electrons. The van der Waals surface area contributed by atoms with E-state index in [0.717, 1.165) is 12.8 Å². The molecule has 1 aromatic carbocycles. The predicted molar refractivity (Wildman–Crippen MR) is 88.8 cm³/mol. The minimum absolute atomic E-state index is 0.234. The fourth-order valence-corrected chi connectivity index (χ4v) is 4.23. The first-order chi connectivity index (χ1) is 9.71. The van der Waals surface area contributed by atoms with Gasteiger partial charge in [-0.3, -0.25) is 0 Å². The van der Waals surface area contributed by atoms with Crippen LogP contribution in [-0.2, 0) is 17.3 Å². The number of rotatable bonds is 0. The number of hydrogen-bond acceptors (Lipinski definition) is 1. The van der Waals surface area contributed by atoms with Crippen LogP contribution >= 0.6 is 0 Å². The van der Waals surface area contributed by atoms with Crippen molar-refractivity contribution in [3.63, 3.8) is 0 Å². The lowest BCUT2D eigenvalue weighted by Gasteiger charge is -2.42. The molecule has 0 amide bonds. The smallest absolute Gasteiger partial charge is 0.0795 e. The lowest BCUT2D eigenvalue weighted by Crippen LogP contribution is -2.34. The Hall–Kier alpha value is -0.820. The van der Waals surface area contributed by atoms with Crippen LogP contribution in [0.4, 0.5) is 0 Å². The van der Waals surface area contributed by atoms with Crippen LogP contribution in [0.3, 0.4) is 0 Å². The third kappa shape index (κ3) is 2.54. The van der Waals surface area contributed by atoms with E-state index in [-0.39, 0.29) is 16.9 Å². The Morgan fingerprint density at radius 1 is 1.00 bits per heavy atom. The maximum Gasteiger partial charge on any atom is 0.0795 e. The topological polar surface area (TPSA) is 20.2 Å². The van der Waals surface area contributed by atoms with Crippen molar-refractivity contribution < 1.29 is 5.11 Å². The van der Waals surface area contributed by atoms with Crippen molar-refractivity contribution in [3.8, 4) is 0 Å². The zero-order valence-electron chi connectivity index (χ0n) is 14.3. The summed E-state index contributed by atoms with van der Waals surface area (Å²) in [6.07, 6.45) is 5.45. The minimum atomic E-state index is -0.274. The molecule has 0 saturated carbocycles. The molecule has 0 aromatic heterocycles. The molecule has 0 fully saturated rings. The van der Waals surface area contributed by atoms with E-state index in [1.165, 1.54) is 41.5 Å². The zero-order valence-corrected chi connectivity index (χ0v) is 14.3. The summed E-state index contributed by atoms with van der Waals surface area (Å²) in [5.74, 6) is 0.616. The fourth-order valence-electron chi connectivity index (χ4n) is 4.23. The summed E-state index contributed by atoms with van der Waals surface area (Å²) in [4.78, 5) is 0. The molecule has 0 aliphatic heterocycles. The highest BCUT2D eigenvalue weighted by Gasteiger charge is 2.38. The van der Waals surface area contributed by atoms with E-state index in [0.29, 0.717) is 5.92 Å². The first-order valence-corrected chi connectivity index (χ1v) is 8.56. The first-order valence-electron chi connectivity index (χ1n) is 8.56. The lowest BCUT2D eigenvalue weighted by molar-refractivity contribution is 0.149. The monoisotopic (exact) mass is 286 g/mol. The fraction of sp³-hybridized carbons (Fsp3) is 0.700. The van der Waals surface area contributed by atoms with Gasteiger partial charge in [0.2, 0.25) is 0 Å². The van der Waals surface area contributed by atoms with Crippen molar-refractivity contribution in [2.24, 2.45) is 5.92 Å². The molecule has 0 saturated heterocycles. The Morgan fingerprint density at radius 2 is 1.57 bits per heavy atom. The number of aliphatic hydroxyl groups excluding tert-OH is 1. The number of fused-ring (bicyclic) bond motifs is 2. The SMILES string of the molecule is CC1CCc2cc3c(cc2C(O)C1)C(C)(C)CCC3(C)C. The molecule has 116 valence electrons. The van der Waals surface area contributed by atoms with Crippen molar-refractivity contribution >= 4 is 0 Å². The van der Waals surface area contributed by atoms with Crippen molar-refractivity contribution in [3.05, 3.63) is 34.4 Å². The van der Waals surface area contributed by atoms with E-state index in [1.54, 1.807) is 0 Å². The Morgan fingerprint density at radius 3 is 2.19 bits per heavy atom. The largest absolute Gasteiger partial charge is 0.388 e. The van der Waals surface area contributed by atoms with Gasteiger partial charge >= 0.3 is 0 Å². The van der Waals surface area contributed by atoms with Crippen LogP contribution in [0.5, 0.6) is 0 Å². The average molecular weight is 286 g/mol. The highest BCUT2D eigenvalue weighted by atomic mass is 16.3. The van der Waals surface area contributed by atoms with Gasteiger partial charge in [0, 0.05) is 0 Å². The van der Waals surface area contributed by atoms with Crippen LogP contribution in [0, 0.1) is 5.92 Å². The zero-order chi connectivity index (χ0) is 15.4. The summed E-state index contributed by atoms with van der Waals surface area (Å²) in [6.45, 7) is 11.7. The van der Waals surface area contributed by atoms with Crippen molar-refractivity contribution in [2.45, 2.75) is 83.7 Å². The predicted octanol–water partition coefficient (Wildman–Crippen LogP) is 5.04. The molecule has 2 unspecified atom stereocenters. The summed E-state index contributed by atoms with van der Waals surface area (Å²) in [5.41, 5.74) is 6.12. The van der Waals surface area contributed by atoms with Gasteiger partial charge < -0.3 is 5.11 Å². The average Bonchev–Trinajstić information content (AvgIpc) is 2.54. The highest BCUT2D eigenvalue weighted by Crippen LogP contribution is 2.48. The van der Waals surface area contributed by atoms with E-state index in [2.05, 4.69) is 46.8 Å². The number of aliphatic hydroxyl groups is 1. The van der Waals surface area contributed by atoms with Crippen molar-refractivity contribution in [1.29, 1.82) is 0 Å². The van der Waals surface area contributed by atoms with Crippen LogP contribution in [-0.4, -0.2) is 5.11 Å². The number of aryl methyl sites for hydroxylation is 1. The Balaban J connectivity index is 2.18. The standard InChI is InChI=1S/C20H30O/c1-13-6-7-14-11-16-17(12-15(14)18(21)10-13)20(4,5)9-8-19(16,2)3/h11-13,18,21H,6-10H2,1-5H3. The molecule has 2 aliphatic rings. The van der Waals surface area contributed by atoms with Crippen LogP contribution < -0.4 is 0 Å². The van der Waals surface area contributed by atoms with Gasteiger partial charge in [-0.25, -0.2) is 0 Å². The van der Waals surface area contributed by atoms with Gasteiger partial charge in [0.05, 0.1) is 6.10 Å². The Bertz CT molecular complexity index is 553. The van der Waals surface area contributed by atoms with Crippen LogP contribution in [0.2, 0.25) is 0 Å². The number of hydrogen-bond donors (Lipinski definition) is 1. The second-order valence-corrected chi connectivity index (χ2v) is 8.76. The summed E-state index contributed by atoms with van der Waals surface area (Å²) in [7, 11) is 0. The number of benzene rings is 1. The van der Waals surface area contributed by atoms with Gasteiger partial charge in [-0.1, -0.05) is 46.8 Å². The van der Waals surface area contributed by atoms with Gasteiger partial charge in [0.25, 0.3) is 0 Å². The van der Waals surface area contributed by atoms with Gasteiger partial charge in [0.1, 0.15) is 0 Å². The summed E-state index contributed by atoms with van der Waals surface area (Å²) in [5, 5.41) is 10.6. The van der Waals surface area contributed by atoms with E-state index in [4.69, 9.17) is 0 Å². The van der Waals surface area contributed by atoms with Crippen molar-refractivity contribution in [2.75, 3.05) is 0 Å². The van der Waals surface area contributed by atoms with Gasteiger partial charge in [-0.15, -0.1) is 0 Å². The summed E-state index contributed by atoms with van der Waals surface area (Å²) in [6, 6.07) is 4.79. The van der Waals surface area contributed by atoms with Gasteiger partial charge in [-0.2, -0.15) is 0 Å². The maximum absolute atomic E-state index is 10.6. The molecule has 1 aromatic rings. The van der Waals surface area contributed by atoms with Gasteiger partial charge in [-0.05, 0) is 71.1 Å². The molecule has 0 spiro atoms. The van der Waals surface area contributed by atoms with E-state index >= 15 is 0 Å².